The van der Waals surface area contributed by atoms with Gasteiger partial charge in [0.1, 0.15) is 0 Å². The molecule has 0 aliphatic carbocycles. The van der Waals surface area contributed by atoms with Gasteiger partial charge < -0.3 is 4.74 Å². The van der Waals surface area contributed by atoms with Crippen LogP contribution in [0.4, 0.5) is 0 Å². The Morgan fingerprint density at radius 2 is 2.29 bits per heavy atom. The maximum absolute atomic E-state index is 11.4. The molecule has 1 rings (SSSR count). The SMILES string of the molecule is CCOC(=O)c1nc(C(C)C)sc1S. The summed E-state index contributed by atoms with van der Waals surface area (Å²) in [4.78, 5) is 15.6. The smallest absolute Gasteiger partial charge is 0.358 e. The number of hydrogen-bond acceptors (Lipinski definition) is 5. The molecule has 0 aliphatic heterocycles. The van der Waals surface area contributed by atoms with Crippen molar-refractivity contribution in [3.63, 3.8) is 0 Å². The molecule has 0 aliphatic rings. The lowest BCUT2D eigenvalue weighted by atomic mass is 10.2. The second kappa shape index (κ2) is 4.79. The van der Waals surface area contributed by atoms with Crippen molar-refractivity contribution < 1.29 is 9.53 Å². The van der Waals surface area contributed by atoms with Crippen LogP contribution < -0.4 is 0 Å². The van der Waals surface area contributed by atoms with Crippen LogP contribution in [0.25, 0.3) is 0 Å². The Balaban J connectivity index is 2.92. The first-order valence-corrected chi connectivity index (χ1v) is 5.69. The highest BCUT2D eigenvalue weighted by Gasteiger charge is 2.18. The van der Waals surface area contributed by atoms with Crippen molar-refractivity contribution in [1.29, 1.82) is 0 Å². The van der Waals surface area contributed by atoms with Crippen LogP contribution in [0.2, 0.25) is 0 Å². The molecule has 0 unspecified atom stereocenters. The fourth-order valence-electron chi connectivity index (χ4n) is 0.908. The highest BCUT2D eigenvalue weighted by Crippen LogP contribution is 2.27. The molecule has 1 heterocycles. The molecule has 0 amide bonds. The molecule has 0 saturated carbocycles. The number of rotatable bonds is 3. The standard InChI is InChI=1S/C9H13NO2S2/c1-4-12-8(11)6-9(13)14-7(10-6)5(2)3/h5,13H,4H2,1-3H3. The highest BCUT2D eigenvalue weighted by molar-refractivity contribution is 7.83. The number of thiol groups is 1. The quantitative estimate of drug-likeness (QED) is 0.642. The van der Waals surface area contributed by atoms with E-state index in [1.165, 1.54) is 11.3 Å². The minimum Gasteiger partial charge on any atom is -0.461 e. The van der Waals surface area contributed by atoms with E-state index in [4.69, 9.17) is 4.74 Å². The molecule has 0 spiro atoms. The molecular weight excluding hydrogens is 218 g/mol. The molecule has 78 valence electrons. The molecule has 0 atom stereocenters. The van der Waals surface area contributed by atoms with Gasteiger partial charge in [-0.1, -0.05) is 13.8 Å². The van der Waals surface area contributed by atoms with Gasteiger partial charge in [0.25, 0.3) is 0 Å². The van der Waals surface area contributed by atoms with Crippen molar-refractivity contribution in [3.8, 4) is 0 Å². The Bertz CT molecular complexity index is 334. The molecule has 3 nitrogen and oxygen atoms in total. The minimum atomic E-state index is -0.388. The lowest BCUT2D eigenvalue weighted by molar-refractivity contribution is 0.0516. The summed E-state index contributed by atoms with van der Waals surface area (Å²) in [6.07, 6.45) is 0. The molecule has 1 aromatic heterocycles. The van der Waals surface area contributed by atoms with Crippen molar-refractivity contribution in [2.45, 2.75) is 30.9 Å². The van der Waals surface area contributed by atoms with Crippen molar-refractivity contribution in [2.75, 3.05) is 6.61 Å². The van der Waals surface area contributed by atoms with E-state index in [1.54, 1.807) is 6.92 Å². The molecule has 0 N–H and O–H groups in total. The number of nitrogens with zero attached hydrogens (tertiary/aromatic N) is 1. The first-order chi connectivity index (χ1) is 6.56. The van der Waals surface area contributed by atoms with Crippen LogP contribution in [-0.4, -0.2) is 17.6 Å². The van der Waals surface area contributed by atoms with Gasteiger partial charge in [-0.15, -0.1) is 24.0 Å². The minimum absolute atomic E-state index is 0.314. The van der Waals surface area contributed by atoms with E-state index >= 15 is 0 Å². The highest BCUT2D eigenvalue weighted by atomic mass is 32.2. The summed E-state index contributed by atoms with van der Waals surface area (Å²) in [5, 5.41) is 0.915. The van der Waals surface area contributed by atoms with Crippen molar-refractivity contribution >= 4 is 29.9 Å². The van der Waals surface area contributed by atoms with E-state index in [0.29, 0.717) is 22.4 Å². The third kappa shape index (κ3) is 2.48. The van der Waals surface area contributed by atoms with Crippen LogP contribution >= 0.6 is 24.0 Å². The summed E-state index contributed by atoms with van der Waals surface area (Å²) in [5.74, 6) is -0.0743. The average Bonchev–Trinajstić information content (AvgIpc) is 2.48. The van der Waals surface area contributed by atoms with Crippen molar-refractivity contribution in [2.24, 2.45) is 0 Å². The Morgan fingerprint density at radius 3 is 2.71 bits per heavy atom. The van der Waals surface area contributed by atoms with E-state index in [-0.39, 0.29) is 5.97 Å². The summed E-state index contributed by atoms with van der Waals surface area (Å²) >= 11 is 5.63. The fourth-order valence-corrected chi connectivity index (χ4v) is 2.13. The van der Waals surface area contributed by atoms with E-state index in [0.717, 1.165) is 5.01 Å². The van der Waals surface area contributed by atoms with Gasteiger partial charge in [0.2, 0.25) is 0 Å². The van der Waals surface area contributed by atoms with Crippen LogP contribution in [0.5, 0.6) is 0 Å². The molecule has 0 aromatic carbocycles. The summed E-state index contributed by atoms with van der Waals surface area (Å²) in [5.41, 5.74) is 0.337. The Morgan fingerprint density at radius 1 is 1.64 bits per heavy atom. The summed E-state index contributed by atoms with van der Waals surface area (Å²) in [6, 6.07) is 0. The van der Waals surface area contributed by atoms with Crippen molar-refractivity contribution in [1.82, 2.24) is 4.98 Å². The molecule has 0 fully saturated rings. The number of carbonyl (C=O) groups is 1. The zero-order chi connectivity index (χ0) is 10.7. The first kappa shape index (κ1) is 11.5. The van der Waals surface area contributed by atoms with E-state index < -0.39 is 0 Å². The maximum atomic E-state index is 11.4. The van der Waals surface area contributed by atoms with Crippen LogP contribution in [0.1, 0.15) is 42.2 Å². The summed E-state index contributed by atoms with van der Waals surface area (Å²) in [7, 11) is 0. The largest absolute Gasteiger partial charge is 0.461 e. The Labute approximate surface area is 92.9 Å². The Kier molecular flexibility index (Phi) is 3.95. The maximum Gasteiger partial charge on any atom is 0.358 e. The molecular formula is C9H13NO2S2. The van der Waals surface area contributed by atoms with Gasteiger partial charge in [-0.2, -0.15) is 0 Å². The molecule has 5 heteroatoms. The van der Waals surface area contributed by atoms with Gasteiger partial charge >= 0.3 is 5.97 Å². The van der Waals surface area contributed by atoms with E-state index in [9.17, 15) is 4.79 Å². The summed E-state index contributed by atoms with van der Waals surface area (Å²) in [6.45, 7) is 6.19. The van der Waals surface area contributed by atoms with Crippen LogP contribution in [0, 0.1) is 0 Å². The predicted octanol–water partition coefficient (Wildman–Crippen LogP) is 2.73. The number of hydrogen-bond donors (Lipinski definition) is 1. The normalized spacial score (nSPS) is 10.6. The lowest BCUT2D eigenvalue weighted by Gasteiger charge is -1.98. The number of thiazole rings is 1. The van der Waals surface area contributed by atoms with Crippen LogP contribution in [0.15, 0.2) is 4.21 Å². The number of ether oxygens (including phenoxy) is 1. The second-order valence-corrected chi connectivity index (χ2v) is 4.86. The molecule has 0 saturated heterocycles. The predicted molar refractivity (Wildman–Crippen MR) is 59.4 cm³/mol. The molecule has 1 aromatic rings. The van der Waals surface area contributed by atoms with E-state index in [2.05, 4.69) is 17.6 Å². The van der Waals surface area contributed by atoms with Crippen LogP contribution in [-0.2, 0) is 4.74 Å². The number of esters is 1. The lowest BCUT2D eigenvalue weighted by Crippen LogP contribution is -2.06. The third-order valence-corrected chi connectivity index (χ3v) is 3.23. The van der Waals surface area contributed by atoms with Gasteiger partial charge in [0.15, 0.2) is 5.69 Å². The number of aromatic nitrogens is 1. The third-order valence-electron chi connectivity index (χ3n) is 1.59. The van der Waals surface area contributed by atoms with Crippen molar-refractivity contribution in [3.05, 3.63) is 10.7 Å². The van der Waals surface area contributed by atoms with Gasteiger partial charge in [0, 0.05) is 5.92 Å². The first-order valence-electron chi connectivity index (χ1n) is 4.43. The monoisotopic (exact) mass is 231 g/mol. The average molecular weight is 231 g/mol. The van der Waals surface area contributed by atoms with Gasteiger partial charge in [0.05, 0.1) is 15.8 Å². The zero-order valence-corrected chi connectivity index (χ0v) is 10.1. The second-order valence-electron chi connectivity index (χ2n) is 3.08. The summed E-state index contributed by atoms with van der Waals surface area (Å²) < 4.78 is 5.49. The molecule has 0 radical (unpaired) electrons. The van der Waals surface area contributed by atoms with Crippen LogP contribution in [0.3, 0.4) is 0 Å². The molecule has 0 bridgehead atoms. The number of carbonyl (C=O) groups excluding carboxylic acids is 1. The Hall–Kier alpha value is -0.550. The molecule has 14 heavy (non-hydrogen) atoms. The van der Waals surface area contributed by atoms with Gasteiger partial charge in [-0.3, -0.25) is 0 Å². The zero-order valence-electron chi connectivity index (χ0n) is 8.40. The van der Waals surface area contributed by atoms with Gasteiger partial charge in [-0.05, 0) is 6.92 Å². The van der Waals surface area contributed by atoms with E-state index in [1.807, 2.05) is 13.8 Å². The fraction of sp³-hybridized carbons (Fsp3) is 0.556. The topological polar surface area (TPSA) is 39.2 Å². The van der Waals surface area contributed by atoms with Gasteiger partial charge in [-0.25, -0.2) is 9.78 Å².